The van der Waals surface area contributed by atoms with Gasteiger partial charge in [-0.15, -0.1) is 0 Å². The monoisotopic (exact) mass is 273 g/mol. The van der Waals surface area contributed by atoms with E-state index in [9.17, 15) is 0 Å². The van der Waals surface area contributed by atoms with E-state index < -0.39 is 0 Å². The molecule has 0 spiro atoms. The zero-order chi connectivity index (χ0) is 14.1. The number of fused-ring (bicyclic) bond motifs is 2. The van der Waals surface area contributed by atoms with Crippen molar-refractivity contribution >= 4 is 5.69 Å². The number of pyridine rings is 1. The van der Waals surface area contributed by atoms with E-state index in [0.29, 0.717) is 0 Å². The van der Waals surface area contributed by atoms with Gasteiger partial charge in [0, 0.05) is 19.6 Å². The molecular weight excluding hydrogens is 246 g/mol. The average molecular weight is 273 g/mol. The van der Waals surface area contributed by atoms with E-state index in [0.717, 1.165) is 29.9 Å². The maximum absolute atomic E-state index is 6.02. The van der Waals surface area contributed by atoms with Gasteiger partial charge in [0.1, 0.15) is 0 Å². The van der Waals surface area contributed by atoms with Gasteiger partial charge < -0.3 is 10.6 Å². The predicted octanol–water partition coefficient (Wildman–Crippen LogP) is 3.36. The molecule has 1 heterocycles. The normalized spacial score (nSPS) is 29.6. The zero-order valence-electron chi connectivity index (χ0n) is 12.8. The summed E-state index contributed by atoms with van der Waals surface area (Å²) in [4.78, 5) is 6.90. The quantitative estimate of drug-likeness (QED) is 0.894. The minimum atomic E-state index is 0.0694. The van der Waals surface area contributed by atoms with Crippen LogP contribution in [0.5, 0.6) is 0 Å². The van der Waals surface area contributed by atoms with Crippen LogP contribution in [0.3, 0.4) is 0 Å². The number of rotatable bonds is 5. The molecule has 3 nitrogen and oxygen atoms in total. The molecular formula is C17H27N3. The SMILES string of the molecule is CC[C@H](N)c1ccc(N(C)CC2CC3CCC2C3)cn1. The highest BCUT2D eigenvalue weighted by Gasteiger charge is 2.39. The van der Waals surface area contributed by atoms with Crippen LogP contribution >= 0.6 is 0 Å². The second kappa shape index (κ2) is 5.72. The van der Waals surface area contributed by atoms with Crippen molar-refractivity contribution in [3.05, 3.63) is 24.0 Å². The number of nitrogens with two attached hydrogens (primary N) is 1. The molecule has 0 aliphatic heterocycles. The zero-order valence-corrected chi connectivity index (χ0v) is 12.8. The molecule has 0 amide bonds. The Hall–Kier alpha value is -1.09. The van der Waals surface area contributed by atoms with Gasteiger partial charge in [-0.3, -0.25) is 4.98 Å². The molecule has 3 unspecified atom stereocenters. The summed E-state index contributed by atoms with van der Waals surface area (Å²) in [6, 6.07) is 4.33. The Morgan fingerprint density at radius 3 is 2.75 bits per heavy atom. The third-order valence-electron chi connectivity index (χ3n) is 5.42. The van der Waals surface area contributed by atoms with Crippen molar-refractivity contribution in [3.63, 3.8) is 0 Å². The smallest absolute Gasteiger partial charge is 0.0572 e. The fourth-order valence-corrected chi connectivity index (χ4v) is 4.11. The lowest BCUT2D eigenvalue weighted by Crippen LogP contribution is -2.28. The second-order valence-electron chi connectivity index (χ2n) is 6.77. The lowest BCUT2D eigenvalue weighted by molar-refractivity contribution is 0.337. The van der Waals surface area contributed by atoms with E-state index in [4.69, 9.17) is 5.73 Å². The first-order valence-corrected chi connectivity index (χ1v) is 8.10. The third kappa shape index (κ3) is 2.69. The first-order valence-electron chi connectivity index (χ1n) is 8.10. The Kier molecular flexibility index (Phi) is 3.97. The van der Waals surface area contributed by atoms with Crippen molar-refractivity contribution in [3.8, 4) is 0 Å². The molecule has 20 heavy (non-hydrogen) atoms. The van der Waals surface area contributed by atoms with Crippen LogP contribution in [0.4, 0.5) is 5.69 Å². The van der Waals surface area contributed by atoms with Crippen LogP contribution in [-0.2, 0) is 0 Å². The third-order valence-corrected chi connectivity index (χ3v) is 5.42. The van der Waals surface area contributed by atoms with Gasteiger partial charge >= 0.3 is 0 Å². The van der Waals surface area contributed by atoms with Crippen molar-refractivity contribution in [2.45, 2.75) is 45.1 Å². The van der Waals surface area contributed by atoms with E-state index in [-0.39, 0.29) is 6.04 Å². The Morgan fingerprint density at radius 2 is 2.20 bits per heavy atom. The molecule has 3 heteroatoms. The molecule has 1 aromatic rings. The van der Waals surface area contributed by atoms with Gasteiger partial charge in [-0.05, 0) is 55.6 Å². The minimum Gasteiger partial charge on any atom is -0.373 e. The first-order chi connectivity index (χ1) is 9.67. The Bertz CT molecular complexity index is 442. The van der Waals surface area contributed by atoms with Crippen LogP contribution in [0.25, 0.3) is 0 Å². The lowest BCUT2D eigenvalue weighted by Gasteiger charge is -2.28. The molecule has 2 N–H and O–H groups in total. The summed E-state index contributed by atoms with van der Waals surface area (Å²) in [5, 5.41) is 0. The maximum atomic E-state index is 6.02. The van der Waals surface area contributed by atoms with Gasteiger partial charge in [0.15, 0.2) is 0 Å². The largest absolute Gasteiger partial charge is 0.373 e. The van der Waals surface area contributed by atoms with E-state index in [2.05, 4.69) is 36.0 Å². The summed E-state index contributed by atoms with van der Waals surface area (Å²) in [5.74, 6) is 2.92. The van der Waals surface area contributed by atoms with Crippen LogP contribution < -0.4 is 10.6 Å². The van der Waals surface area contributed by atoms with E-state index in [1.807, 2.05) is 6.20 Å². The summed E-state index contributed by atoms with van der Waals surface area (Å²) in [6.07, 6.45) is 8.80. The molecule has 4 atom stereocenters. The first kappa shape index (κ1) is 13.9. The highest BCUT2D eigenvalue weighted by Crippen LogP contribution is 2.48. The summed E-state index contributed by atoms with van der Waals surface area (Å²) >= 11 is 0. The topological polar surface area (TPSA) is 42.1 Å². The highest BCUT2D eigenvalue weighted by molar-refractivity contribution is 5.44. The maximum Gasteiger partial charge on any atom is 0.0572 e. The van der Waals surface area contributed by atoms with Crippen molar-refractivity contribution in [2.75, 3.05) is 18.5 Å². The van der Waals surface area contributed by atoms with Gasteiger partial charge in [-0.1, -0.05) is 13.3 Å². The molecule has 2 aliphatic carbocycles. The molecule has 1 aromatic heterocycles. The summed E-state index contributed by atoms with van der Waals surface area (Å²) in [7, 11) is 2.20. The number of anilines is 1. The van der Waals surface area contributed by atoms with Gasteiger partial charge in [0.25, 0.3) is 0 Å². The molecule has 3 rings (SSSR count). The number of nitrogens with zero attached hydrogens (tertiary/aromatic N) is 2. The van der Waals surface area contributed by atoms with Crippen molar-refractivity contribution in [1.29, 1.82) is 0 Å². The second-order valence-corrected chi connectivity index (χ2v) is 6.77. The van der Waals surface area contributed by atoms with Crippen LogP contribution in [0.2, 0.25) is 0 Å². The molecule has 0 saturated heterocycles. The van der Waals surface area contributed by atoms with Crippen LogP contribution in [0.15, 0.2) is 18.3 Å². The van der Waals surface area contributed by atoms with Gasteiger partial charge in [-0.25, -0.2) is 0 Å². The molecule has 110 valence electrons. The molecule has 0 radical (unpaired) electrons. The molecule has 2 aliphatic rings. The van der Waals surface area contributed by atoms with Crippen LogP contribution in [0.1, 0.15) is 50.8 Å². The van der Waals surface area contributed by atoms with Crippen molar-refractivity contribution in [2.24, 2.45) is 23.5 Å². The summed E-state index contributed by atoms with van der Waals surface area (Å²) in [6.45, 7) is 3.28. The Morgan fingerprint density at radius 1 is 1.35 bits per heavy atom. The van der Waals surface area contributed by atoms with Crippen molar-refractivity contribution < 1.29 is 0 Å². The van der Waals surface area contributed by atoms with E-state index in [1.54, 1.807) is 0 Å². The molecule has 2 bridgehead atoms. The predicted molar refractivity (Wildman–Crippen MR) is 83.7 cm³/mol. The van der Waals surface area contributed by atoms with Crippen LogP contribution in [-0.4, -0.2) is 18.6 Å². The van der Waals surface area contributed by atoms with E-state index >= 15 is 0 Å². The fraction of sp³-hybridized carbons (Fsp3) is 0.706. The average Bonchev–Trinajstić information content (AvgIpc) is 3.09. The standard InChI is InChI=1S/C17H27N3/c1-3-16(18)17-7-6-15(10-19-17)20(2)11-14-9-12-4-5-13(14)8-12/h6-7,10,12-14,16H,3-5,8-9,11,18H2,1-2H3/t12?,13?,14?,16-/m0/s1. The Balaban J connectivity index is 1.61. The molecule has 0 aromatic carbocycles. The minimum absolute atomic E-state index is 0.0694. The number of hydrogen-bond donors (Lipinski definition) is 1. The van der Waals surface area contributed by atoms with Gasteiger partial charge in [0.05, 0.1) is 17.6 Å². The highest BCUT2D eigenvalue weighted by atomic mass is 15.1. The Labute approximate surface area is 122 Å². The number of hydrogen-bond acceptors (Lipinski definition) is 3. The lowest BCUT2D eigenvalue weighted by atomic mass is 9.88. The fourth-order valence-electron chi connectivity index (χ4n) is 4.11. The molecule has 2 saturated carbocycles. The summed E-state index contributed by atoms with van der Waals surface area (Å²) in [5.41, 5.74) is 8.24. The summed E-state index contributed by atoms with van der Waals surface area (Å²) < 4.78 is 0. The number of aromatic nitrogens is 1. The van der Waals surface area contributed by atoms with Crippen molar-refractivity contribution in [1.82, 2.24) is 4.98 Å². The van der Waals surface area contributed by atoms with Crippen LogP contribution in [0, 0.1) is 17.8 Å². The van der Waals surface area contributed by atoms with Gasteiger partial charge in [0.2, 0.25) is 0 Å². The molecule has 2 fully saturated rings. The van der Waals surface area contributed by atoms with E-state index in [1.165, 1.54) is 37.9 Å². The van der Waals surface area contributed by atoms with Gasteiger partial charge in [-0.2, -0.15) is 0 Å².